The molecule has 31 heavy (non-hydrogen) atoms. The van der Waals surface area contributed by atoms with E-state index >= 15 is 0 Å². The second kappa shape index (κ2) is 7.86. The first-order chi connectivity index (χ1) is 14.9. The Kier molecular flexibility index (Phi) is 5.08. The maximum atomic E-state index is 12.8. The monoisotopic (exact) mass is 422 g/mol. The molecule has 0 spiro atoms. The Labute approximate surface area is 176 Å². The fourth-order valence-electron chi connectivity index (χ4n) is 3.29. The number of fused-ring (bicyclic) bond motifs is 1. The van der Waals surface area contributed by atoms with Crippen LogP contribution < -0.4 is 20.4 Å². The lowest BCUT2D eigenvalue weighted by Crippen LogP contribution is -2.32. The first-order valence-corrected chi connectivity index (χ1v) is 9.23. The molecule has 1 saturated heterocycles. The summed E-state index contributed by atoms with van der Waals surface area (Å²) < 4.78 is 15.6. The number of para-hydroxylation sites is 1. The number of methoxy groups -OCH3 is 2. The van der Waals surface area contributed by atoms with E-state index in [0.29, 0.717) is 22.4 Å². The van der Waals surface area contributed by atoms with Gasteiger partial charge in [-0.15, -0.1) is 0 Å². The van der Waals surface area contributed by atoms with Gasteiger partial charge in [0.1, 0.15) is 17.0 Å². The molecule has 4 rings (SSSR count). The van der Waals surface area contributed by atoms with Crippen molar-refractivity contribution in [3.63, 3.8) is 0 Å². The molecule has 3 amide bonds. The summed E-state index contributed by atoms with van der Waals surface area (Å²) in [6.07, 6.45) is 1.48. The zero-order valence-electron chi connectivity index (χ0n) is 16.7. The Morgan fingerprint density at radius 1 is 1.06 bits per heavy atom. The highest BCUT2D eigenvalue weighted by atomic mass is 16.5. The van der Waals surface area contributed by atoms with Crippen LogP contribution in [-0.4, -0.2) is 36.2 Å². The number of benzene rings is 2. The van der Waals surface area contributed by atoms with Crippen LogP contribution in [0.1, 0.15) is 11.1 Å². The molecule has 2 N–H and O–H groups in total. The molecular weight excluding hydrogens is 404 g/mol. The van der Waals surface area contributed by atoms with Gasteiger partial charge in [0.15, 0.2) is 11.5 Å². The fraction of sp³-hybridized carbons (Fsp3) is 0.136. The molecule has 0 radical (unpaired) electrons. The van der Waals surface area contributed by atoms with Crippen molar-refractivity contribution in [2.75, 3.05) is 14.2 Å². The van der Waals surface area contributed by atoms with E-state index in [1.165, 1.54) is 26.4 Å². The normalized spacial score (nSPS) is 14.9. The molecule has 158 valence electrons. The van der Waals surface area contributed by atoms with E-state index in [9.17, 15) is 19.5 Å². The molecule has 0 saturated carbocycles. The minimum atomic E-state index is -0.825. The van der Waals surface area contributed by atoms with Crippen molar-refractivity contribution < 1.29 is 28.6 Å². The van der Waals surface area contributed by atoms with Gasteiger partial charge in [-0.05, 0) is 35.9 Å². The van der Waals surface area contributed by atoms with Crippen molar-refractivity contribution in [2.24, 2.45) is 0 Å². The number of imide groups is 1. The summed E-state index contributed by atoms with van der Waals surface area (Å²) in [4.78, 5) is 38.3. The molecule has 1 aliphatic rings. The minimum Gasteiger partial charge on any atom is -0.507 e. The van der Waals surface area contributed by atoms with Crippen LogP contribution in [0.15, 0.2) is 57.4 Å². The van der Waals surface area contributed by atoms with Crippen LogP contribution >= 0.6 is 0 Å². The fourth-order valence-corrected chi connectivity index (χ4v) is 3.29. The summed E-state index contributed by atoms with van der Waals surface area (Å²) in [5.74, 6) is 0.00671. The lowest BCUT2D eigenvalue weighted by Gasteiger charge is -2.12. The van der Waals surface area contributed by atoms with Crippen molar-refractivity contribution in [3.8, 4) is 17.2 Å². The van der Waals surface area contributed by atoms with Gasteiger partial charge in [0.05, 0.1) is 31.7 Å². The van der Waals surface area contributed by atoms with E-state index < -0.39 is 24.1 Å². The van der Waals surface area contributed by atoms with Gasteiger partial charge in [-0.1, -0.05) is 18.2 Å². The Bertz CT molecular complexity index is 1290. The van der Waals surface area contributed by atoms with Crippen LogP contribution in [0.4, 0.5) is 4.79 Å². The zero-order chi connectivity index (χ0) is 22.1. The van der Waals surface area contributed by atoms with Gasteiger partial charge in [-0.2, -0.15) is 0 Å². The van der Waals surface area contributed by atoms with Crippen molar-refractivity contribution >= 4 is 29.0 Å². The van der Waals surface area contributed by atoms with E-state index in [4.69, 9.17) is 13.9 Å². The Hall–Kier alpha value is -4.27. The molecule has 0 unspecified atom stereocenters. The van der Waals surface area contributed by atoms with Crippen molar-refractivity contribution in [3.05, 3.63) is 69.7 Å². The molecule has 9 nitrogen and oxygen atoms in total. The standard InChI is InChI=1S/C22H18N2O7/c1-29-17-8-7-12(10-18(17)30-2)9-15-20(26)24(22(28)23-15)11-14-19(25)13-5-3-4-6-16(13)31-21(14)27/h3-10,25H,11H2,1-2H3,(H,23,28). The van der Waals surface area contributed by atoms with E-state index in [0.717, 1.165) is 4.90 Å². The third-order valence-corrected chi connectivity index (χ3v) is 4.87. The van der Waals surface area contributed by atoms with Crippen LogP contribution in [0, 0.1) is 0 Å². The molecule has 0 atom stereocenters. The van der Waals surface area contributed by atoms with E-state index in [1.807, 2.05) is 0 Å². The number of ether oxygens (including phenoxy) is 2. The minimum absolute atomic E-state index is 0.0156. The first kappa shape index (κ1) is 20.0. The van der Waals surface area contributed by atoms with E-state index in [-0.39, 0.29) is 22.6 Å². The maximum Gasteiger partial charge on any atom is 0.345 e. The number of nitrogens with zero attached hydrogens (tertiary/aromatic N) is 1. The van der Waals surface area contributed by atoms with Crippen molar-refractivity contribution in [1.82, 2.24) is 10.2 Å². The highest BCUT2D eigenvalue weighted by molar-refractivity contribution is 6.14. The van der Waals surface area contributed by atoms with Crippen molar-refractivity contribution in [2.45, 2.75) is 6.54 Å². The largest absolute Gasteiger partial charge is 0.507 e. The lowest BCUT2D eigenvalue weighted by atomic mass is 10.1. The number of hydrogen-bond donors (Lipinski definition) is 2. The predicted octanol–water partition coefficient (Wildman–Crippen LogP) is 2.61. The third kappa shape index (κ3) is 3.57. The highest BCUT2D eigenvalue weighted by Gasteiger charge is 2.35. The number of urea groups is 1. The van der Waals surface area contributed by atoms with Crippen LogP contribution in [0.3, 0.4) is 0 Å². The summed E-state index contributed by atoms with van der Waals surface area (Å²) in [5, 5.41) is 13.3. The van der Waals surface area contributed by atoms with Crippen LogP contribution in [0.2, 0.25) is 0 Å². The smallest absolute Gasteiger partial charge is 0.345 e. The molecule has 0 aliphatic carbocycles. The topological polar surface area (TPSA) is 118 Å². The number of aromatic hydroxyl groups is 1. The summed E-state index contributed by atoms with van der Waals surface area (Å²) in [7, 11) is 2.99. The second-order valence-corrected chi connectivity index (χ2v) is 6.71. The van der Waals surface area contributed by atoms with Gasteiger partial charge in [0.25, 0.3) is 5.91 Å². The van der Waals surface area contributed by atoms with Gasteiger partial charge < -0.3 is 24.3 Å². The number of carbonyl (C=O) groups excluding carboxylic acids is 2. The molecule has 1 fully saturated rings. The number of rotatable bonds is 5. The molecular formula is C22H18N2O7. The summed E-state index contributed by atoms with van der Waals surface area (Å²) in [6.45, 7) is -0.438. The van der Waals surface area contributed by atoms with Gasteiger partial charge in [0.2, 0.25) is 0 Å². The van der Waals surface area contributed by atoms with Crippen molar-refractivity contribution in [1.29, 1.82) is 0 Å². The average molecular weight is 422 g/mol. The van der Waals surface area contributed by atoms with Gasteiger partial charge in [0, 0.05) is 0 Å². The zero-order valence-corrected chi connectivity index (χ0v) is 16.7. The maximum absolute atomic E-state index is 12.8. The van der Waals surface area contributed by atoms with Gasteiger partial charge >= 0.3 is 11.7 Å². The summed E-state index contributed by atoms with van der Waals surface area (Å²) >= 11 is 0. The van der Waals surface area contributed by atoms with E-state index in [2.05, 4.69) is 5.32 Å². The SMILES string of the molecule is COc1ccc(C=C2NC(=O)N(Cc3c(O)c4ccccc4oc3=O)C2=O)cc1OC. The second-order valence-electron chi connectivity index (χ2n) is 6.71. The Morgan fingerprint density at radius 3 is 2.55 bits per heavy atom. The Balaban J connectivity index is 1.65. The summed E-state index contributed by atoms with van der Waals surface area (Å²) in [5.41, 5.74) is -0.193. The molecule has 1 aromatic heterocycles. The molecule has 9 heteroatoms. The molecule has 0 bridgehead atoms. The number of hydrogen-bond acceptors (Lipinski definition) is 7. The predicted molar refractivity (Wildman–Crippen MR) is 111 cm³/mol. The first-order valence-electron chi connectivity index (χ1n) is 9.23. The van der Waals surface area contributed by atoms with Gasteiger partial charge in [-0.25, -0.2) is 9.59 Å². The van der Waals surface area contributed by atoms with Crippen LogP contribution in [0.5, 0.6) is 17.2 Å². The lowest BCUT2D eigenvalue weighted by molar-refractivity contribution is -0.123. The molecule has 2 heterocycles. The van der Waals surface area contributed by atoms with Gasteiger partial charge in [-0.3, -0.25) is 9.69 Å². The molecule has 3 aromatic rings. The Morgan fingerprint density at radius 2 is 1.81 bits per heavy atom. The van der Waals surface area contributed by atoms with Crippen LogP contribution in [-0.2, 0) is 11.3 Å². The summed E-state index contributed by atoms with van der Waals surface area (Å²) in [6, 6.07) is 10.7. The number of carbonyl (C=O) groups is 2. The third-order valence-electron chi connectivity index (χ3n) is 4.87. The number of amides is 3. The average Bonchev–Trinajstić information content (AvgIpc) is 3.03. The quantitative estimate of drug-likeness (QED) is 0.369. The van der Waals surface area contributed by atoms with Crippen LogP contribution in [0.25, 0.3) is 17.0 Å². The highest BCUT2D eigenvalue weighted by Crippen LogP contribution is 2.30. The van der Waals surface area contributed by atoms with E-state index in [1.54, 1.807) is 36.4 Å². The number of nitrogens with one attached hydrogen (secondary N) is 1. The molecule has 2 aromatic carbocycles. The molecule has 1 aliphatic heterocycles.